The van der Waals surface area contributed by atoms with Crippen LogP contribution in [-0.2, 0) is 11.3 Å². The number of hydrogen-bond donors (Lipinski definition) is 3. The van der Waals surface area contributed by atoms with Gasteiger partial charge in [0, 0.05) is 11.6 Å². The van der Waals surface area contributed by atoms with Crippen LogP contribution in [-0.4, -0.2) is 12.7 Å². The van der Waals surface area contributed by atoms with Crippen molar-refractivity contribution in [3.05, 3.63) is 52.0 Å². The van der Waals surface area contributed by atoms with Crippen molar-refractivity contribution in [3.8, 4) is 0 Å². The number of anilines is 3. The maximum Gasteiger partial charge on any atom is 0.411 e. The van der Waals surface area contributed by atoms with Crippen molar-refractivity contribution >= 4 is 46.4 Å². The van der Waals surface area contributed by atoms with Crippen LogP contribution >= 0.6 is 23.2 Å². The standard InChI is InChI=1S/C16H17Cl2N3O2/c1-2-23-16(22)21-15-5-3-10(7-13(15)19)9-20-14-6-4-11(17)8-12(14)18/h3-8,20H,2,9,19H2,1H3,(H,21,22). The Labute approximate surface area is 144 Å². The summed E-state index contributed by atoms with van der Waals surface area (Å²) < 4.78 is 4.82. The lowest BCUT2D eigenvalue weighted by molar-refractivity contribution is 0.168. The second kappa shape index (κ2) is 7.94. The van der Waals surface area contributed by atoms with Gasteiger partial charge in [0.05, 0.1) is 28.7 Å². The van der Waals surface area contributed by atoms with Crippen LogP contribution in [0.25, 0.3) is 0 Å². The van der Waals surface area contributed by atoms with Gasteiger partial charge in [0.1, 0.15) is 0 Å². The molecule has 0 aliphatic carbocycles. The number of amides is 1. The van der Waals surface area contributed by atoms with Crippen molar-refractivity contribution in [1.29, 1.82) is 0 Å². The Morgan fingerprint density at radius 1 is 1.17 bits per heavy atom. The van der Waals surface area contributed by atoms with Crippen molar-refractivity contribution in [1.82, 2.24) is 0 Å². The van der Waals surface area contributed by atoms with Crippen LogP contribution in [0.3, 0.4) is 0 Å². The van der Waals surface area contributed by atoms with Gasteiger partial charge in [-0.05, 0) is 42.8 Å². The predicted molar refractivity (Wildman–Crippen MR) is 95.3 cm³/mol. The lowest BCUT2D eigenvalue weighted by Gasteiger charge is -2.12. The fourth-order valence-electron chi connectivity index (χ4n) is 1.94. The summed E-state index contributed by atoms with van der Waals surface area (Å²) in [6.45, 7) is 2.57. The van der Waals surface area contributed by atoms with E-state index in [0.717, 1.165) is 11.3 Å². The summed E-state index contributed by atoms with van der Waals surface area (Å²) in [5, 5.41) is 6.92. The quantitative estimate of drug-likeness (QED) is 0.677. The Kier molecular flexibility index (Phi) is 5.96. The third-order valence-electron chi connectivity index (χ3n) is 3.04. The van der Waals surface area contributed by atoms with Gasteiger partial charge in [0.25, 0.3) is 0 Å². The molecule has 23 heavy (non-hydrogen) atoms. The minimum Gasteiger partial charge on any atom is -0.450 e. The average Bonchev–Trinajstić information content (AvgIpc) is 2.49. The Morgan fingerprint density at radius 2 is 1.91 bits per heavy atom. The molecule has 0 saturated carbocycles. The van der Waals surface area contributed by atoms with Gasteiger partial charge < -0.3 is 15.8 Å². The first kappa shape index (κ1) is 17.2. The summed E-state index contributed by atoms with van der Waals surface area (Å²) >= 11 is 12.0. The second-order valence-corrected chi connectivity index (χ2v) is 5.59. The fourth-order valence-corrected chi connectivity index (χ4v) is 2.42. The molecule has 0 atom stereocenters. The van der Waals surface area contributed by atoms with Crippen molar-refractivity contribution in [3.63, 3.8) is 0 Å². The van der Waals surface area contributed by atoms with E-state index in [-0.39, 0.29) is 0 Å². The summed E-state index contributed by atoms with van der Waals surface area (Å²) in [6, 6.07) is 10.6. The maximum absolute atomic E-state index is 11.4. The third kappa shape index (κ3) is 4.94. The molecule has 4 N–H and O–H groups in total. The molecule has 0 aliphatic rings. The smallest absolute Gasteiger partial charge is 0.411 e. The van der Waals surface area contributed by atoms with Gasteiger partial charge in [0.2, 0.25) is 0 Å². The minimum atomic E-state index is -0.530. The van der Waals surface area contributed by atoms with E-state index in [1.165, 1.54) is 0 Å². The zero-order chi connectivity index (χ0) is 16.8. The van der Waals surface area contributed by atoms with Gasteiger partial charge in [-0.1, -0.05) is 29.3 Å². The van der Waals surface area contributed by atoms with Crippen LogP contribution in [0.1, 0.15) is 12.5 Å². The lowest BCUT2D eigenvalue weighted by Crippen LogP contribution is -2.14. The molecule has 0 bridgehead atoms. The van der Waals surface area contributed by atoms with Crippen LogP contribution in [0, 0.1) is 0 Å². The molecule has 0 heterocycles. The Balaban J connectivity index is 2.01. The summed E-state index contributed by atoms with van der Waals surface area (Å²) in [6.07, 6.45) is -0.530. The summed E-state index contributed by atoms with van der Waals surface area (Å²) in [5.41, 5.74) is 8.64. The Hall–Kier alpha value is -2.11. The highest BCUT2D eigenvalue weighted by molar-refractivity contribution is 6.36. The zero-order valence-corrected chi connectivity index (χ0v) is 14.0. The molecule has 0 unspecified atom stereocenters. The van der Waals surface area contributed by atoms with E-state index in [4.69, 9.17) is 33.7 Å². The van der Waals surface area contributed by atoms with Gasteiger partial charge in [0.15, 0.2) is 0 Å². The molecule has 2 aromatic carbocycles. The average molecular weight is 354 g/mol. The molecule has 1 amide bonds. The van der Waals surface area contributed by atoms with Gasteiger partial charge in [-0.2, -0.15) is 0 Å². The molecule has 5 nitrogen and oxygen atoms in total. The lowest BCUT2D eigenvalue weighted by atomic mass is 10.1. The third-order valence-corrected chi connectivity index (χ3v) is 3.59. The van der Waals surface area contributed by atoms with E-state index in [0.29, 0.717) is 34.6 Å². The number of nitrogen functional groups attached to an aromatic ring is 1. The van der Waals surface area contributed by atoms with Crippen molar-refractivity contribution < 1.29 is 9.53 Å². The second-order valence-electron chi connectivity index (χ2n) is 4.74. The van der Waals surface area contributed by atoms with Gasteiger partial charge in [-0.25, -0.2) is 4.79 Å². The van der Waals surface area contributed by atoms with E-state index in [1.807, 2.05) is 12.1 Å². The van der Waals surface area contributed by atoms with Crippen LogP contribution in [0.15, 0.2) is 36.4 Å². The molecule has 0 spiro atoms. The number of nitrogens with one attached hydrogen (secondary N) is 2. The fraction of sp³-hybridized carbons (Fsp3) is 0.188. The van der Waals surface area contributed by atoms with Crippen molar-refractivity contribution in [2.45, 2.75) is 13.5 Å². The van der Waals surface area contributed by atoms with Crippen LogP contribution in [0.2, 0.25) is 10.0 Å². The number of ether oxygens (including phenoxy) is 1. The summed E-state index contributed by atoms with van der Waals surface area (Å²) in [5.74, 6) is 0. The highest BCUT2D eigenvalue weighted by atomic mass is 35.5. The molecular formula is C16H17Cl2N3O2. The van der Waals surface area contributed by atoms with E-state index in [9.17, 15) is 4.79 Å². The zero-order valence-electron chi connectivity index (χ0n) is 12.5. The molecule has 0 aliphatic heterocycles. The Bertz CT molecular complexity index is 708. The Morgan fingerprint density at radius 3 is 2.57 bits per heavy atom. The highest BCUT2D eigenvalue weighted by Gasteiger charge is 2.07. The minimum absolute atomic E-state index is 0.301. The van der Waals surface area contributed by atoms with Crippen molar-refractivity contribution in [2.24, 2.45) is 0 Å². The van der Waals surface area contributed by atoms with Gasteiger partial charge in [-0.15, -0.1) is 0 Å². The first-order chi connectivity index (χ1) is 11.0. The number of benzene rings is 2. The van der Waals surface area contributed by atoms with E-state index >= 15 is 0 Å². The van der Waals surface area contributed by atoms with Crippen LogP contribution in [0.4, 0.5) is 21.9 Å². The molecule has 0 saturated heterocycles. The van der Waals surface area contributed by atoms with E-state index in [2.05, 4.69) is 10.6 Å². The number of hydrogen-bond acceptors (Lipinski definition) is 4. The summed E-state index contributed by atoms with van der Waals surface area (Å²) in [7, 11) is 0. The molecule has 0 aromatic heterocycles. The van der Waals surface area contributed by atoms with Gasteiger partial charge >= 0.3 is 6.09 Å². The number of carbonyl (C=O) groups is 1. The largest absolute Gasteiger partial charge is 0.450 e. The molecule has 0 radical (unpaired) electrons. The normalized spacial score (nSPS) is 10.2. The summed E-state index contributed by atoms with van der Waals surface area (Å²) in [4.78, 5) is 11.4. The first-order valence-electron chi connectivity index (χ1n) is 7.00. The first-order valence-corrected chi connectivity index (χ1v) is 7.76. The van der Waals surface area contributed by atoms with Gasteiger partial charge in [-0.3, -0.25) is 5.32 Å². The number of rotatable bonds is 5. The number of nitrogens with two attached hydrogens (primary N) is 1. The monoisotopic (exact) mass is 353 g/mol. The van der Waals surface area contributed by atoms with E-state index < -0.39 is 6.09 Å². The highest BCUT2D eigenvalue weighted by Crippen LogP contribution is 2.26. The molecule has 2 rings (SSSR count). The van der Waals surface area contributed by atoms with Crippen LogP contribution in [0.5, 0.6) is 0 Å². The number of carbonyl (C=O) groups excluding carboxylic acids is 1. The molecule has 122 valence electrons. The SMILES string of the molecule is CCOC(=O)Nc1ccc(CNc2ccc(Cl)cc2Cl)cc1N. The predicted octanol–water partition coefficient (Wildman–Crippen LogP) is 4.76. The molecular weight excluding hydrogens is 337 g/mol. The van der Waals surface area contributed by atoms with Crippen molar-refractivity contribution in [2.75, 3.05) is 23.0 Å². The topological polar surface area (TPSA) is 76.4 Å². The van der Waals surface area contributed by atoms with E-state index in [1.54, 1.807) is 31.2 Å². The molecule has 0 fully saturated rings. The maximum atomic E-state index is 11.4. The molecule has 7 heteroatoms. The molecule has 2 aromatic rings. The number of halogens is 2. The van der Waals surface area contributed by atoms with Crippen LogP contribution < -0.4 is 16.4 Å².